The number of methoxy groups -OCH3 is 2. The van der Waals surface area contributed by atoms with Gasteiger partial charge in [0.25, 0.3) is 10.0 Å². The van der Waals surface area contributed by atoms with Crippen LogP contribution in [0.15, 0.2) is 64.5 Å². The lowest BCUT2D eigenvalue weighted by Crippen LogP contribution is -2.12. The largest absolute Gasteiger partial charge is 0.497 e. The highest BCUT2D eigenvalue weighted by Gasteiger charge is 2.17. The Balaban J connectivity index is 1.89. The molecular formula is C20H20N2O4S2. The van der Waals surface area contributed by atoms with Gasteiger partial charge in [0.05, 0.1) is 19.1 Å². The number of benzene rings is 2. The molecule has 28 heavy (non-hydrogen) atoms. The minimum atomic E-state index is -3.78. The van der Waals surface area contributed by atoms with Gasteiger partial charge in [-0.05, 0) is 61.5 Å². The zero-order chi connectivity index (χ0) is 20.1. The normalized spacial score (nSPS) is 11.5. The maximum absolute atomic E-state index is 12.8. The first-order chi connectivity index (χ1) is 13.4. The van der Waals surface area contributed by atoms with Gasteiger partial charge >= 0.3 is 0 Å². The molecule has 0 fully saturated rings. The van der Waals surface area contributed by atoms with Crippen LogP contribution in [-0.4, -0.2) is 28.9 Å². The van der Waals surface area contributed by atoms with Crippen LogP contribution in [0.1, 0.15) is 9.75 Å². The summed E-state index contributed by atoms with van der Waals surface area (Å²) in [4.78, 5) is 6.66. The highest BCUT2D eigenvalue weighted by molar-refractivity contribution is 7.92. The molecule has 0 radical (unpaired) electrons. The first-order valence-electron chi connectivity index (χ1n) is 8.37. The molecule has 3 aromatic rings. The monoisotopic (exact) mass is 416 g/mol. The number of hydrogen-bond acceptors (Lipinski definition) is 6. The molecule has 8 heteroatoms. The Morgan fingerprint density at radius 3 is 2.36 bits per heavy atom. The fourth-order valence-electron chi connectivity index (χ4n) is 2.47. The van der Waals surface area contributed by atoms with Crippen molar-refractivity contribution in [3.63, 3.8) is 0 Å². The van der Waals surface area contributed by atoms with E-state index in [1.807, 2.05) is 19.1 Å². The molecule has 0 saturated carbocycles. The maximum Gasteiger partial charge on any atom is 0.261 e. The third-order valence-corrected chi connectivity index (χ3v) is 6.21. The second kappa shape index (κ2) is 8.45. The van der Waals surface area contributed by atoms with Gasteiger partial charge in [-0.15, -0.1) is 11.3 Å². The van der Waals surface area contributed by atoms with Crippen LogP contribution >= 0.6 is 11.3 Å². The Hall–Kier alpha value is -2.84. The number of sulfonamides is 1. The van der Waals surface area contributed by atoms with Crippen molar-refractivity contribution in [1.82, 2.24) is 0 Å². The SMILES string of the molecule is COc1ccc(NS(=O)(=O)c2ccc(OC)c(N=Cc3ccc(C)s3)c2)cc1. The Bertz CT molecular complexity index is 1090. The second-order valence-corrected chi connectivity index (χ2v) is 8.88. The molecule has 2 aromatic carbocycles. The van der Waals surface area contributed by atoms with E-state index in [-0.39, 0.29) is 4.90 Å². The van der Waals surface area contributed by atoms with Gasteiger partial charge in [0.1, 0.15) is 17.2 Å². The summed E-state index contributed by atoms with van der Waals surface area (Å²) >= 11 is 1.60. The summed E-state index contributed by atoms with van der Waals surface area (Å²) in [5.74, 6) is 1.14. The molecular weight excluding hydrogens is 396 g/mol. The van der Waals surface area contributed by atoms with Gasteiger partial charge in [-0.1, -0.05) is 0 Å². The van der Waals surface area contributed by atoms with Gasteiger partial charge in [0, 0.05) is 21.7 Å². The van der Waals surface area contributed by atoms with Crippen molar-refractivity contribution in [2.24, 2.45) is 4.99 Å². The first-order valence-corrected chi connectivity index (χ1v) is 10.7. The van der Waals surface area contributed by atoms with Crippen molar-refractivity contribution in [2.45, 2.75) is 11.8 Å². The maximum atomic E-state index is 12.8. The fraction of sp³-hybridized carbons (Fsp3) is 0.150. The van der Waals surface area contributed by atoms with E-state index in [2.05, 4.69) is 9.71 Å². The van der Waals surface area contributed by atoms with Crippen LogP contribution < -0.4 is 14.2 Å². The zero-order valence-corrected chi connectivity index (χ0v) is 17.3. The van der Waals surface area contributed by atoms with Crippen LogP contribution in [0.2, 0.25) is 0 Å². The summed E-state index contributed by atoms with van der Waals surface area (Å²) in [5, 5.41) is 0. The molecule has 0 spiro atoms. The van der Waals surface area contributed by atoms with E-state index >= 15 is 0 Å². The number of aliphatic imine (C=N–C) groups is 1. The van der Waals surface area contributed by atoms with E-state index in [9.17, 15) is 8.42 Å². The number of hydrogen-bond donors (Lipinski definition) is 1. The zero-order valence-electron chi connectivity index (χ0n) is 15.7. The molecule has 146 valence electrons. The van der Waals surface area contributed by atoms with E-state index in [0.717, 1.165) is 4.88 Å². The lowest BCUT2D eigenvalue weighted by Gasteiger charge is -2.11. The van der Waals surface area contributed by atoms with Gasteiger partial charge < -0.3 is 9.47 Å². The number of rotatable bonds is 7. The van der Waals surface area contributed by atoms with E-state index < -0.39 is 10.0 Å². The van der Waals surface area contributed by atoms with E-state index in [0.29, 0.717) is 22.9 Å². The molecule has 0 aliphatic heterocycles. The summed E-state index contributed by atoms with van der Waals surface area (Å²) in [7, 11) is -0.704. The molecule has 3 rings (SSSR count). The number of aryl methyl sites for hydroxylation is 1. The Labute approximate surface area is 168 Å². The highest BCUT2D eigenvalue weighted by atomic mass is 32.2. The first kappa shape index (κ1) is 19.9. The van der Waals surface area contributed by atoms with Crippen molar-refractivity contribution in [2.75, 3.05) is 18.9 Å². The summed E-state index contributed by atoms with van der Waals surface area (Å²) < 4.78 is 38.5. The van der Waals surface area contributed by atoms with Gasteiger partial charge in [0.2, 0.25) is 0 Å². The van der Waals surface area contributed by atoms with Crippen LogP contribution in [0.4, 0.5) is 11.4 Å². The van der Waals surface area contributed by atoms with Crippen molar-refractivity contribution < 1.29 is 17.9 Å². The standard InChI is InChI=1S/C20H20N2O4S2/c1-14-4-9-17(27-14)13-21-19-12-18(10-11-20(19)26-3)28(23,24)22-15-5-7-16(25-2)8-6-15/h4-13,22H,1-3H3. The average Bonchev–Trinajstić information content (AvgIpc) is 3.11. The minimum Gasteiger partial charge on any atom is -0.497 e. The Kier molecular flexibility index (Phi) is 6.01. The molecule has 0 aliphatic rings. The molecule has 1 aromatic heterocycles. The molecule has 0 unspecified atom stereocenters. The van der Waals surface area contributed by atoms with Gasteiger partial charge in [-0.2, -0.15) is 0 Å². The lowest BCUT2D eigenvalue weighted by molar-refractivity contribution is 0.415. The highest BCUT2D eigenvalue weighted by Crippen LogP contribution is 2.31. The van der Waals surface area contributed by atoms with E-state index in [1.165, 1.54) is 24.1 Å². The van der Waals surface area contributed by atoms with Crippen LogP contribution in [0.5, 0.6) is 11.5 Å². The second-order valence-electron chi connectivity index (χ2n) is 5.87. The molecule has 6 nitrogen and oxygen atoms in total. The topological polar surface area (TPSA) is 77.0 Å². The van der Waals surface area contributed by atoms with Crippen molar-refractivity contribution in [3.8, 4) is 11.5 Å². The third-order valence-electron chi connectivity index (χ3n) is 3.89. The molecule has 1 heterocycles. The summed E-state index contributed by atoms with van der Waals surface area (Å²) in [6.45, 7) is 2.01. The molecule has 0 atom stereocenters. The lowest BCUT2D eigenvalue weighted by atomic mass is 10.3. The predicted molar refractivity (Wildman–Crippen MR) is 113 cm³/mol. The predicted octanol–water partition coefficient (Wildman–Crippen LogP) is 4.63. The average molecular weight is 417 g/mol. The van der Waals surface area contributed by atoms with Gasteiger partial charge in [-0.25, -0.2) is 8.42 Å². The van der Waals surface area contributed by atoms with Crippen LogP contribution in [-0.2, 0) is 10.0 Å². The van der Waals surface area contributed by atoms with Crippen LogP contribution in [0.3, 0.4) is 0 Å². The van der Waals surface area contributed by atoms with Gasteiger partial charge in [0.15, 0.2) is 0 Å². The number of nitrogens with zero attached hydrogens (tertiary/aromatic N) is 1. The van der Waals surface area contributed by atoms with Crippen LogP contribution in [0.25, 0.3) is 0 Å². The smallest absolute Gasteiger partial charge is 0.261 e. The fourth-order valence-corrected chi connectivity index (χ4v) is 4.29. The summed E-state index contributed by atoms with van der Waals surface area (Å²) in [5.41, 5.74) is 0.877. The van der Waals surface area contributed by atoms with Crippen molar-refractivity contribution in [1.29, 1.82) is 0 Å². The third kappa shape index (κ3) is 4.71. The molecule has 0 aliphatic carbocycles. The number of anilines is 1. The quantitative estimate of drug-likeness (QED) is 0.570. The molecule has 0 saturated heterocycles. The van der Waals surface area contributed by atoms with Crippen LogP contribution in [0, 0.1) is 6.92 Å². The number of ether oxygens (including phenoxy) is 2. The molecule has 0 bridgehead atoms. The van der Waals surface area contributed by atoms with E-state index in [1.54, 1.807) is 55.0 Å². The Morgan fingerprint density at radius 2 is 1.75 bits per heavy atom. The Morgan fingerprint density at radius 1 is 1.00 bits per heavy atom. The number of thiophene rings is 1. The van der Waals surface area contributed by atoms with Gasteiger partial charge in [-0.3, -0.25) is 9.71 Å². The summed E-state index contributed by atoms with van der Waals surface area (Å²) in [6, 6.07) is 15.2. The van der Waals surface area contributed by atoms with Crippen molar-refractivity contribution in [3.05, 3.63) is 64.4 Å². The molecule has 1 N–H and O–H groups in total. The summed E-state index contributed by atoms with van der Waals surface area (Å²) in [6.07, 6.45) is 1.70. The molecule has 0 amide bonds. The van der Waals surface area contributed by atoms with E-state index in [4.69, 9.17) is 9.47 Å². The minimum absolute atomic E-state index is 0.0960. The van der Waals surface area contributed by atoms with Crippen molar-refractivity contribution >= 4 is 38.9 Å². The number of nitrogens with one attached hydrogen (secondary N) is 1.